The number of carbonyl (C=O) groups excluding carboxylic acids is 1. The number of hydrogen-bond acceptors (Lipinski definition) is 4. The number of benzene rings is 3. The van der Waals surface area contributed by atoms with Gasteiger partial charge >= 0.3 is 0 Å². The lowest BCUT2D eigenvalue weighted by molar-refractivity contribution is 0.0937. The molecule has 0 radical (unpaired) electrons. The van der Waals surface area contributed by atoms with Gasteiger partial charge in [0.1, 0.15) is 10.6 Å². The van der Waals surface area contributed by atoms with Crippen molar-refractivity contribution in [1.29, 1.82) is 0 Å². The summed E-state index contributed by atoms with van der Waals surface area (Å²) in [5.74, 6) is 0.0297. The Hall–Kier alpha value is -2.45. The van der Waals surface area contributed by atoms with Gasteiger partial charge in [-0.15, -0.1) is 0 Å². The monoisotopic (exact) mass is 510 g/mol. The van der Waals surface area contributed by atoms with E-state index in [0.717, 1.165) is 0 Å². The van der Waals surface area contributed by atoms with Crippen molar-refractivity contribution < 1.29 is 17.9 Å². The van der Waals surface area contributed by atoms with E-state index in [1.165, 1.54) is 19.2 Å². The number of ether oxygens (including phenoxy) is 1. The molecule has 1 aliphatic heterocycles. The zero-order chi connectivity index (χ0) is 23.2. The summed E-state index contributed by atoms with van der Waals surface area (Å²) >= 11 is 19.2. The Morgan fingerprint density at radius 2 is 1.75 bits per heavy atom. The van der Waals surface area contributed by atoms with E-state index < -0.39 is 16.1 Å². The van der Waals surface area contributed by atoms with Crippen molar-refractivity contribution in [1.82, 2.24) is 5.32 Å². The molecular weight excluding hydrogens is 495 g/mol. The molecule has 0 bridgehead atoms. The molecule has 0 saturated carbocycles. The minimum atomic E-state index is -3.48. The van der Waals surface area contributed by atoms with Crippen LogP contribution in [0.3, 0.4) is 0 Å². The number of halogens is 3. The Morgan fingerprint density at radius 3 is 2.44 bits per heavy atom. The van der Waals surface area contributed by atoms with Gasteiger partial charge in [0.25, 0.3) is 15.9 Å². The van der Waals surface area contributed by atoms with Gasteiger partial charge in [-0.05, 0) is 36.8 Å². The molecule has 1 unspecified atom stereocenters. The lowest BCUT2D eigenvalue weighted by Gasteiger charge is -2.25. The van der Waals surface area contributed by atoms with E-state index in [9.17, 15) is 13.2 Å². The lowest BCUT2D eigenvalue weighted by atomic mass is 9.99. The van der Waals surface area contributed by atoms with E-state index in [1.807, 2.05) is 0 Å². The van der Waals surface area contributed by atoms with Crippen molar-refractivity contribution in [2.24, 2.45) is 0 Å². The van der Waals surface area contributed by atoms with Crippen molar-refractivity contribution in [2.45, 2.75) is 17.9 Å². The maximum absolute atomic E-state index is 12.9. The Kier molecular flexibility index (Phi) is 6.02. The van der Waals surface area contributed by atoms with Crippen molar-refractivity contribution >= 4 is 56.4 Å². The number of amides is 1. The van der Waals surface area contributed by atoms with Gasteiger partial charge in [-0.2, -0.15) is 0 Å². The molecular formula is C22H17Cl3N2O4S. The third kappa shape index (κ3) is 3.90. The molecule has 1 atom stereocenters. The summed E-state index contributed by atoms with van der Waals surface area (Å²) in [6, 6.07) is 12.8. The van der Waals surface area contributed by atoms with E-state index in [0.29, 0.717) is 43.7 Å². The fraction of sp³-hybridized carbons (Fsp3) is 0.136. The van der Waals surface area contributed by atoms with Crippen LogP contribution in [0.15, 0.2) is 53.4 Å². The minimum absolute atomic E-state index is 0.148. The van der Waals surface area contributed by atoms with Gasteiger partial charge in [0, 0.05) is 16.1 Å². The highest BCUT2D eigenvalue weighted by atomic mass is 35.5. The second kappa shape index (κ2) is 8.48. The largest absolute Gasteiger partial charge is 0.496 e. The van der Waals surface area contributed by atoms with E-state index in [2.05, 4.69) is 10.0 Å². The van der Waals surface area contributed by atoms with Crippen LogP contribution in [0.25, 0.3) is 11.1 Å². The molecule has 32 heavy (non-hydrogen) atoms. The van der Waals surface area contributed by atoms with Gasteiger partial charge in [0.15, 0.2) is 0 Å². The normalized spacial score (nSPS) is 14.5. The molecule has 0 saturated heterocycles. The molecule has 1 aliphatic rings. The molecule has 0 fully saturated rings. The van der Waals surface area contributed by atoms with Gasteiger partial charge in [-0.25, -0.2) is 8.42 Å². The Bertz CT molecular complexity index is 1360. The number of anilines is 1. The first-order chi connectivity index (χ1) is 15.1. The van der Waals surface area contributed by atoms with Crippen LogP contribution in [-0.2, 0) is 10.0 Å². The molecule has 2 N–H and O–H groups in total. The fourth-order valence-corrected chi connectivity index (χ4v) is 5.63. The summed E-state index contributed by atoms with van der Waals surface area (Å²) < 4.78 is 31.1. The number of rotatable bonds is 5. The smallest absolute Gasteiger partial charge is 0.264 e. The predicted octanol–water partition coefficient (Wildman–Crippen LogP) is 5.93. The van der Waals surface area contributed by atoms with Crippen molar-refractivity contribution in [3.63, 3.8) is 0 Å². The maximum Gasteiger partial charge on any atom is 0.264 e. The quantitative estimate of drug-likeness (QED) is 0.445. The summed E-state index contributed by atoms with van der Waals surface area (Å²) in [6.07, 6.45) is 0. The molecule has 3 aromatic carbocycles. The molecule has 4 rings (SSSR count). The SMILES string of the molecule is COc1ccc(Cl)cc1C(=O)NC(C)c1cccc(-c2ccc3c(c2Cl)NS3(=O)=O)c1Cl. The van der Waals surface area contributed by atoms with Crippen LogP contribution < -0.4 is 14.8 Å². The zero-order valence-electron chi connectivity index (χ0n) is 16.9. The molecule has 166 valence electrons. The van der Waals surface area contributed by atoms with E-state index in [4.69, 9.17) is 39.5 Å². The van der Waals surface area contributed by atoms with Gasteiger partial charge in [0.2, 0.25) is 0 Å². The molecule has 0 aliphatic carbocycles. The summed E-state index contributed by atoms with van der Waals surface area (Å²) in [6.45, 7) is 1.80. The second-order valence-corrected chi connectivity index (χ2v) is 10.00. The Morgan fingerprint density at radius 1 is 1.03 bits per heavy atom. The number of nitrogens with one attached hydrogen (secondary N) is 2. The summed E-state index contributed by atoms with van der Waals surface area (Å²) in [5.41, 5.74) is 2.51. The molecule has 0 aromatic heterocycles. The number of fused-ring (bicyclic) bond motifs is 1. The van der Waals surface area contributed by atoms with Crippen LogP contribution in [0.4, 0.5) is 5.69 Å². The van der Waals surface area contributed by atoms with E-state index >= 15 is 0 Å². The molecule has 6 nitrogen and oxygen atoms in total. The van der Waals surface area contributed by atoms with Crippen LogP contribution in [0.1, 0.15) is 28.9 Å². The third-order valence-corrected chi connectivity index (χ3v) is 7.61. The standard InChI is InChI=1S/C22H17Cl3N2O4S/c1-11(26-22(28)16-10-12(23)6-8-17(16)31-2)13-4-3-5-14(19(13)24)15-7-9-18-21(20(15)25)27-32(18,29)30/h3-11,27H,1-2H3,(H,26,28). The van der Waals surface area contributed by atoms with Gasteiger partial charge in [0.05, 0.1) is 34.4 Å². The Labute approximate surface area is 200 Å². The highest BCUT2D eigenvalue weighted by molar-refractivity contribution is 7.94. The second-order valence-electron chi connectivity index (χ2n) is 7.15. The molecule has 10 heteroatoms. The van der Waals surface area contributed by atoms with Gasteiger partial charge in [-0.1, -0.05) is 59.1 Å². The average molecular weight is 512 g/mol. The van der Waals surface area contributed by atoms with Crippen LogP contribution >= 0.6 is 34.8 Å². The van der Waals surface area contributed by atoms with Crippen molar-refractivity contribution in [3.8, 4) is 16.9 Å². The number of carbonyl (C=O) groups is 1. The third-order valence-electron chi connectivity index (χ3n) is 5.17. The van der Waals surface area contributed by atoms with Crippen LogP contribution in [0.2, 0.25) is 15.1 Å². The van der Waals surface area contributed by atoms with Crippen molar-refractivity contribution in [2.75, 3.05) is 11.8 Å². The highest BCUT2D eigenvalue weighted by Gasteiger charge is 2.33. The number of methoxy groups -OCH3 is 1. The van der Waals surface area contributed by atoms with E-state index in [-0.39, 0.29) is 15.8 Å². The Balaban J connectivity index is 1.66. The molecule has 0 spiro atoms. The predicted molar refractivity (Wildman–Crippen MR) is 127 cm³/mol. The van der Waals surface area contributed by atoms with Gasteiger partial charge in [-0.3, -0.25) is 9.52 Å². The minimum Gasteiger partial charge on any atom is -0.496 e. The van der Waals surface area contributed by atoms with Gasteiger partial charge < -0.3 is 10.1 Å². The van der Waals surface area contributed by atoms with Crippen molar-refractivity contribution in [3.05, 3.63) is 74.7 Å². The fourth-order valence-electron chi connectivity index (χ4n) is 3.53. The maximum atomic E-state index is 12.9. The van der Waals surface area contributed by atoms with Crippen LogP contribution in [-0.4, -0.2) is 21.4 Å². The number of hydrogen-bond donors (Lipinski definition) is 2. The topological polar surface area (TPSA) is 84.5 Å². The number of sulfonamides is 1. The summed E-state index contributed by atoms with van der Waals surface area (Å²) in [4.78, 5) is 13.0. The summed E-state index contributed by atoms with van der Waals surface area (Å²) in [7, 11) is -2.00. The lowest BCUT2D eigenvalue weighted by Crippen LogP contribution is -2.27. The average Bonchev–Trinajstić information content (AvgIpc) is 2.74. The van der Waals surface area contributed by atoms with Crippen LogP contribution in [0, 0.1) is 0 Å². The van der Waals surface area contributed by atoms with Crippen LogP contribution in [0.5, 0.6) is 5.75 Å². The van der Waals surface area contributed by atoms with E-state index in [1.54, 1.807) is 43.3 Å². The first-order valence-electron chi connectivity index (χ1n) is 9.42. The first-order valence-corrected chi connectivity index (χ1v) is 12.0. The summed E-state index contributed by atoms with van der Waals surface area (Å²) in [5, 5.41) is 3.97. The highest BCUT2D eigenvalue weighted by Crippen LogP contribution is 2.46. The molecule has 3 aromatic rings. The molecule has 1 amide bonds. The zero-order valence-corrected chi connectivity index (χ0v) is 20.0. The first kappa shape index (κ1) is 22.7. The molecule has 1 heterocycles.